The van der Waals surface area contributed by atoms with Gasteiger partial charge in [0.15, 0.2) is 0 Å². The highest BCUT2D eigenvalue weighted by atomic mass is 19.1. The third-order valence-corrected chi connectivity index (χ3v) is 5.85. The molecule has 8 heteroatoms. The lowest BCUT2D eigenvalue weighted by Gasteiger charge is -2.26. The molecule has 0 spiro atoms. The molecular formula is C26H25FN4O3. The zero-order valence-corrected chi connectivity index (χ0v) is 19.5. The van der Waals surface area contributed by atoms with Crippen molar-refractivity contribution in [2.75, 3.05) is 5.32 Å². The molecule has 1 aromatic heterocycles. The Labute approximate surface area is 198 Å². The van der Waals surface area contributed by atoms with E-state index in [4.69, 9.17) is 18.1 Å². The number of nitrogens with zero attached hydrogens (tertiary/aromatic N) is 2. The Morgan fingerprint density at radius 1 is 1.18 bits per heavy atom. The van der Waals surface area contributed by atoms with E-state index in [9.17, 15) is 18.8 Å². The number of Topliss-reactive ketones (excluding diaryl/α,β-unsaturated/α-hetero) is 1. The Balaban J connectivity index is 2.50. The van der Waals surface area contributed by atoms with Crippen molar-refractivity contribution in [3.63, 3.8) is 0 Å². The predicted octanol–water partition coefficient (Wildman–Crippen LogP) is 3.49. The van der Waals surface area contributed by atoms with Crippen LogP contribution in [0.25, 0.3) is 0 Å². The molecular weight excluding hydrogens is 435 g/mol. The molecule has 0 aliphatic carbocycles. The van der Waals surface area contributed by atoms with Crippen molar-refractivity contribution < 1.29 is 18.8 Å². The number of ketones is 1. The second-order valence-electron chi connectivity index (χ2n) is 7.70. The predicted molar refractivity (Wildman–Crippen MR) is 126 cm³/mol. The number of rotatable bonds is 8. The number of halogens is 1. The monoisotopic (exact) mass is 460 g/mol. The van der Waals surface area contributed by atoms with Crippen LogP contribution < -0.4 is 10.6 Å². The molecule has 34 heavy (non-hydrogen) atoms. The van der Waals surface area contributed by atoms with Gasteiger partial charge in [0.25, 0.3) is 17.6 Å². The van der Waals surface area contributed by atoms with E-state index in [0.717, 1.165) is 6.07 Å². The van der Waals surface area contributed by atoms with Crippen LogP contribution in [-0.2, 0) is 11.3 Å². The number of aromatic nitrogens is 1. The van der Waals surface area contributed by atoms with Crippen molar-refractivity contribution in [3.8, 4) is 30.8 Å². The minimum absolute atomic E-state index is 0.0323. The maximum atomic E-state index is 13.6. The number of carbonyl (C=O) groups excluding carboxylic acids is 3. The van der Waals surface area contributed by atoms with E-state index in [1.165, 1.54) is 23.6 Å². The SMILES string of the molecule is C#CCn1c(C)c(C(=O)C(=O)NC(C#C)(CC)CC)c(C)c1C(=O)Nc1ccc(F)c(C#N)c1. The quantitative estimate of drug-likeness (QED) is 0.357. The number of nitrogens with one attached hydrogen (secondary N) is 2. The average Bonchev–Trinajstić information content (AvgIpc) is 3.07. The normalized spacial score (nSPS) is 10.5. The zero-order valence-electron chi connectivity index (χ0n) is 19.5. The van der Waals surface area contributed by atoms with Gasteiger partial charge in [0.1, 0.15) is 23.1 Å². The molecule has 0 aliphatic heterocycles. The highest BCUT2D eigenvalue weighted by Gasteiger charge is 2.33. The van der Waals surface area contributed by atoms with Crippen molar-refractivity contribution in [3.05, 3.63) is 52.1 Å². The van der Waals surface area contributed by atoms with Gasteiger partial charge in [-0.25, -0.2) is 4.39 Å². The van der Waals surface area contributed by atoms with Crippen LogP contribution in [0.4, 0.5) is 10.1 Å². The fourth-order valence-corrected chi connectivity index (χ4v) is 3.74. The molecule has 0 unspecified atom stereocenters. The summed E-state index contributed by atoms with van der Waals surface area (Å²) in [6, 6.07) is 5.26. The topological polar surface area (TPSA) is 104 Å². The molecule has 2 amide bonds. The van der Waals surface area contributed by atoms with Gasteiger partial charge in [0, 0.05) is 11.4 Å². The van der Waals surface area contributed by atoms with Crippen LogP contribution in [0, 0.1) is 55.7 Å². The lowest BCUT2D eigenvalue weighted by Crippen LogP contribution is -2.49. The molecule has 0 saturated carbocycles. The maximum absolute atomic E-state index is 13.6. The fourth-order valence-electron chi connectivity index (χ4n) is 3.74. The molecule has 2 rings (SSSR count). The third-order valence-electron chi connectivity index (χ3n) is 5.85. The summed E-state index contributed by atoms with van der Waals surface area (Å²) in [4.78, 5) is 39.1. The number of hydrogen-bond donors (Lipinski definition) is 2. The maximum Gasteiger partial charge on any atom is 0.293 e. The van der Waals surface area contributed by atoms with Gasteiger partial charge < -0.3 is 15.2 Å². The van der Waals surface area contributed by atoms with Gasteiger partial charge in [-0.3, -0.25) is 14.4 Å². The molecule has 0 bridgehead atoms. The first-order valence-corrected chi connectivity index (χ1v) is 10.6. The van der Waals surface area contributed by atoms with Crippen molar-refractivity contribution in [1.82, 2.24) is 9.88 Å². The minimum atomic E-state index is -0.961. The van der Waals surface area contributed by atoms with Crippen molar-refractivity contribution in [1.29, 1.82) is 5.26 Å². The summed E-state index contributed by atoms with van der Waals surface area (Å²) in [6.07, 6.45) is 11.9. The summed E-state index contributed by atoms with van der Waals surface area (Å²) >= 11 is 0. The van der Waals surface area contributed by atoms with E-state index in [0.29, 0.717) is 18.5 Å². The molecule has 0 aliphatic rings. The molecule has 0 saturated heterocycles. The lowest BCUT2D eigenvalue weighted by molar-refractivity contribution is -0.118. The van der Waals surface area contributed by atoms with Gasteiger partial charge in [-0.2, -0.15) is 5.26 Å². The van der Waals surface area contributed by atoms with E-state index in [2.05, 4.69) is 22.5 Å². The summed E-state index contributed by atoms with van der Waals surface area (Å²) in [6.45, 7) is 6.71. The molecule has 174 valence electrons. The van der Waals surface area contributed by atoms with E-state index >= 15 is 0 Å². The molecule has 0 fully saturated rings. The number of amides is 2. The number of hydrogen-bond acceptors (Lipinski definition) is 4. The van der Waals surface area contributed by atoms with Crippen LogP contribution >= 0.6 is 0 Å². The first kappa shape index (κ1) is 25.9. The molecule has 2 N–H and O–H groups in total. The summed E-state index contributed by atoms with van der Waals surface area (Å²) in [5, 5.41) is 14.3. The number of benzene rings is 1. The second-order valence-corrected chi connectivity index (χ2v) is 7.70. The number of carbonyl (C=O) groups is 3. The Hall–Kier alpha value is -4.35. The summed E-state index contributed by atoms with van der Waals surface area (Å²) < 4.78 is 15.1. The smallest absolute Gasteiger partial charge is 0.293 e. The van der Waals surface area contributed by atoms with Crippen LogP contribution in [-0.4, -0.2) is 27.7 Å². The van der Waals surface area contributed by atoms with Gasteiger partial charge in [-0.1, -0.05) is 25.7 Å². The van der Waals surface area contributed by atoms with Crippen molar-refractivity contribution >= 4 is 23.3 Å². The van der Waals surface area contributed by atoms with E-state index < -0.39 is 29.0 Å². The fraction of sp³-hybridized carbons (Fsp3) is 0.308. The van der Waals surface area contributed by atoms with Gasteiger partial charge in [-0.15, -0.1) is 12.8 Å². The Bertz CT molecular complexity index is 1280. The zero-order chi connectivity index (χ0) is 25.6. The largest absolute Gasteiger partial charge is 0.333 e. The second kappa shape index (κ2) is 10.5. The molecule has 2 aromatic rings. The highest BCUT2D eigenvalue weighted by molar-refractivity contribution is 6.44. The van der Waals surface area contributed by atoms with Gasteiger partial charge in [-0.05, 0) is 50.5 Å². The first-order chi connectivity index (χ1) is 16.1. The van der Waals surface area contributed by atoms with Crippen LogP contribution in [0.2, 0.25) is 0 Å². The number of nitriles is 1. The molecule has 0 radical (unpaired) electrons. The van der Waals surface area contributed by atoms with Gasteiger partial charge in [0.2, 0.25) is 0 Å². The summed E-state index contributed by atoms with van der Waals surface area (Å²) in [5.41, 5.74) is -0.289. The Morgan fingerprint density at radius 2 is 1.82 bits per heavy atom. The molecule has 0 atom stereocenters. The van der Waals surface area contributed by atoms with Gasteiger partial charge in [0.05, 0.1) is 17.7 Å². The Kier molecular flexibility index (Phi) is 8.01. The van der Waals surface area contributed by atoms with E-state index in [-0.39, 0.29) is 34.6 Å². The first-order valence-electron chi connectivity index (χ1n) is 10.6. The van der Waals surface area contributed by atoms with E-state index in [1.54, 1.807) is 13.0 Å². The summed E-state index contributed by atoms with van der Waals surface area (Å²) in [5.74, 6) is 1.91. The average molecular weight is 461 g/mol. The number of anilines is 1. The van der Waals surface area contributed by atoms with Crippen molar-refractivity contribution in [2.45, 2.75) is 52.6 Å². The standard InChI is InChI=1S/C26H25FN4O3/c1-7-13-31-17(6)21(23(32)25(34)30-26(8-2,9-3)10-4)16(5)22(31)24(33)29-19-11-12-20(27)18(14-19)15-28/h1-2,11-12,14H,9-10,13H2,3-6H3,(H,29,33)(H,30,34). The molecule has 7 nitrogen and oxygen atoms in total. The minimum Gasteiger partial charge on any atom is -0.333 e. The Morgan fingerprint density at radius 3 is 2.35 bits per heavy atom. The van der Waals surface area contributed by atoms with Crippen LogP contribution in [0.3, 0.4) is 0 Å². The van der Waals surface area contributed by atoms with Crippen LogP contribution in [0.5, 0.6) is 0 Å². The van der Waals surface area contributed by atoms with E-state index in [1.807, 2.05) is 13.8 Å². The molecule has 1 aromatic carbocycles. The summed E-state index contributed by atoms with van der Waals surface area (Å²) in [7, 11) is 0. The number of terminal acetylenes is 2. The van der Waals surface area contributed by atoms with Crippen LogP contribution in [0.15, 0.2) is 18.2 Å². The lowest BCUT2D eigenvalue weighted by atomic mass is 9.93. The highest BCUT2D eigenvalue weighted by Crippen LogP contribution is 2.25. The molecule has 1 heterocycles. The van der Waals surface area contributed by atoms with Crippen LogP contribution in [0.1, 0.15) is 64.4 Å². The third kappa shape index (κ3) is 4.85. The van der Waals surface area contributed by atoms with Gasteiger partial charge >= 0.3 is 0 Å². The van der Waals surface area contributed by atoms with Crippen molar-refractivity contribution in [2.24, 2.45) is 0 Å².